The van der Waals surface area contributed by atoms with Gasteiger partial charge in [0.1, 0.15) is 0 Å². The molecule has 0 rings (SSSR count). The van der Waals surface area contributed by atoms with Crippen LogP contribution in [0.25, 0.3) is 0 Å². The van der Waals surface area contributed by atoms with Gasteiger partial charge in [-0.3, -0.25) is 0 Å². The van der Waals surface area contributed by atoms with E-state index in [1.54, 1.807) is 0 Å². The molecule has 0 atom stereocenters. The molecule has 0 aromatic heterocycles. The van der Waals surface area contributed by atoms with E-state index in [4.69, 9.17) is 0 Å². The van der Waals surface area contributed by atoms with E-state index in [-0.39, 0.29) is 0 Å². The first kappa shape index (κ1) is 17.0. The van der Waals surface area contributed by atoms with Gasteiger partial charge in [0.05, 0.1) is 0 Å². The van der Waals surface area contributed by atoms with Gasteiger partial charge in [-0.15, -0.1) is 0 Å². The largest absolute Gasteiger partial charge is 0.419 e. The van der Waals surface area contributed by atoms with Crippen molar-refractivity contribution in [2.24, 2.45) is 5.41 Å². The highest BCUT2D eigenvalue weighted by Gasteiger charge is 2.92. The van der Waals surface area contributed by atoms with E-state index in [2.05, 4.69) is 0 Å². The minimum Gasteiger partial charge on any atom is -0.193 e. The molecule has 0 aromatic carbocycles. The van der Waals surface area contributed by atoms with Gasteiger partial charge in [0, 0.05) is 22.6 Å². The first-order valence-electron chi connectivity index (χ1n) is 3.27. The van der Waals surface area contributed by atoms with Crippen molar-refractivity contribution >= 4 is 22.6 Å². The lowest BCUT2D eigenvalue weighted by Crippen LogP contribution is -2.66. The Hall–Kier alpha value is -0.0400. The van der Waals surface area contributed by atoms with Crippen LogP contribution < -0.4 is 0 Å². The maximum absolute atomic E-state index is 12.4. The van der Waals surface area contributed by atoms with E-state index < -0.39 is 50.5 Å². The van der Waals surface area contributed by atoms with Crippen LogP contribution in [0.5, 0.6) is 0 Å². The highest BCUT2D eigenvalue weighted by molar-refractivity contribution is 14.1. The van der Waals surface area contributed by atoms with E-state index in [1.165, 1.54) is 0 Å². The van der Waals surface area contributed by atoms with Crippen LogP contribution in [-0.2, 0) is 0 Å². The molecule has 0 saturated heterocycles. The van der Waals surface area contributed by atoms with Gasteiger partial charge in [-0.25, -0.2) is 0 Å². The van der Waals surface area contributed by atoms with Crippen molar-refractivity contribution in [1.82, 2.24) is 0 Å². The molecule has 0 aliphatic carbocycles. The van der Waals surface area contributed by atoms with Gasteiger partial charge in [-0.05, 0) is 0 Å². The van der Waals surface area contributed by atoms with Gasteiger partial charge < -0.3 is 0 Å². The number of alkyl halides is 12. The van der Waals surface area contributed by atoms with Crippen LogP contribution >= 0.6 is 22.6 Å². The summed E-state index contributed by atoms with van der Waals surface area (Å²) in [5, 5.41) is 0. The standard InChI is InChI=1S/C5F11I/c6-2(7,8)1(3(9,10)11,4(12,13)14)5(15,16)17. The minimum atomic E-state index is -7.24. The average Bonchev–Trinajstić information content (AvgIpc) is 1.67. The lowest BCUT2D eigenvalue weighted by molar-refractivity contribution is -0.456. The molecule has 12 heteroatoms. The second-order valence-corrected chi connectivity index (χ2v) is 4.10. The van der Waals surface area contributed by atoms with Crippen molar-refractivity contribution in [2.75, 3.05) is 0 Å². The Morgan fingerprint density at radius 1 is 0.471 bits per heavy atom. The van der Waals surface area contributed by atoms with Crippen LogP contribution in [0.15, 0.2) is 0 Å². The molecule has 0 radical (unpaired) electrons. The quantitative estimate of drug-likeness (QED) is 0.343. The van der Waals surface area contributed by atoms with Crippen molar-refractivity contribution in [3.8, 4) is 0 Å². The molecule has 0 N–H and O–H groups in total. The first-order valence-corrected chi connectivity index (χ1v) is 4.35. The summed E-state index contributed by atoms with van der Waals surface area (Å²) >= 11 is -0.826. The summed E-state index contributed by atoms with van der Waals surface area (Å²) in [5.41, 5.74) is -7.10. The average molecular weight is 396 g/mol. The molecule has 0 nitrogen and oxygen atoms in total. The van der Waals surface area contributed by atoms with Crippen molar-refractivity contribution in [2.45, 2.75) is 22.5 Å². The molecule has 0 saturated carbocycles. The molecular formula is C5F11I. The van der Waals surface area contributed by atoms with Crippen molar-refractivity contribution < 1.29 is 48.3 Å². The fourth-order valence-corrected chi connectivity index (χ4v) is 1.88. The molecule has 0 aliphatic rings. The lowest BCUT2D eigenvalue weighted by atomic mass is 9.85. The molecule has 17 heavy (non-hydrogen) atoms. The Morgan fingerprint density at radius 3 is 0.647 bits per heavy atom. The minimum absolute atomic E-state index is 0.826. The van der Waals surface area contributed by atoms with E-state index in [1.807, 2.05) is 0 Å². The van der Waals surface area contributed by atoms with Gasteiger partial charge >= 0.3 is 27.9 Å². The number of halogens is 12. The number of hydrogen-bond donors (Lipinski definition) is 0. The Morgan fingerprint density at radius 2 is 0.647 bits per heavy atom. The maximum Gasteiger partial charge on any atom is 0.419 e. The highest BCUT2D eigenvalue weighted by atomic mass is 127. The summed E-state index contributed by atoms with van der Waals surface area (Å²) in [7, 11) is 0. The molecule has 0 spiro atoms. The normalized spacial score (nSPS) is 16.2. The Bertz CT molecular complexity index is 213. The van der Waals surface area contributed by atoms with Crippen LogP contribution in [0.3, 0.4) is 0 Å². The van der Waals surface area contributed by atoms with Gasteiger partial charge in [0.25, 0.3) is 0 Å². The fraction of sp³-hybridized carbons (Fsp3) is 1.00. The maximum atomic E-state index is 12.4. The zero-order chi connectivity index (χ0) is 14.5. The van der Waals surface area contributed by atoms with E-state index in [0.29, 0.717) is 0 Å². The molecule has 0 aliphatic heterocycles. The van der Waals surface area contributed by atoms with E-state index in [0.717, 1.165) is 0 Å². The Kier molecular flexibility index (Phi) is 3.97. The van der Waals surface area contributed by atoms with Crippen LogP contribution in [0.4, 0.5) is 48.3 Å². The molecule has 0 unspecified atom stereocenters. The summed E-state index contributed by atoms with van der Waals surface area (Å²) < 4.78 is 126. The van der Waals surface area contributed by atoms with Crippen LogP contribution in [0.2, 0.25) is 0 Å². The number of hydrogen-bond acceptors (Lipinski definition) is 0. The number of rotatable bonds is 1. The van der Waals surface area contributed by atoms with Crippen molar-refractivity contribution in [3.63, 3.8) is 0 Å². The lowest BCUT2D eigenvalue weighted by Gasteiger charge is -2.40. The third kappa shape index (κ3) is 2.41. The second kappa shape index (κ2) is 3.98. The summed E-state index contributed by atoms with van der Waals surface area (Å²) in [6, 6.07) is 0. The summed E-state index contributed by atoms with van der Waals surface area (Å²) in [5.74, 6) is 0. The summed E-state index contributed by atoms with van der Waals surface area (Å²) in [4.78, 5) is 0. The predicted octanol–water partition coefficient (Wildman–Crippen LogP) is 4.69. The van der Waals surface area contributed by atoms with Crippen LogP contribution in [0, 0.1) is 5.41 Å². The molecule has 0 bridgehead atoms. The van der Waals surface area contributed by atoms with E-state index >= 15 is 0 Å². The molecule has 0 heterocycles. The molecule has 0 aromatic rings. The van der Waals surface area contributed by atoms with E-state index in [9.17, 15) is 48.3 Å². The zero-order valence-electron chi connectivity index (χ0n) is 7.04. The Balaban J connectivity index is 6.37. The first-order chi connectivity index (χ1) is 7.00. The summed E-state index contributed by atoms with van der Waals surface area (Å²) in [6.07, 6.45) is -21.7. The fourth-order valence-electron chi connectivity index (χ4n) is 0.964. The third-order valence-electron chi connectivity index (χ3n) is 1.70. The topological polar surface area (TPSA) is 0 Å². The van der Waals surface area contributed by atoms with Gasteiger partial charge in [-0.1, -0.05) is 0 Å². The van der Waals surface area contributed by atoms with Gasteiger partial charge in [-0.2, -0.15) is 48.3 Å². The molecule has 0 amide bonds. The second-order valence-electron chi connectivity index (χ2n) is 2.74. The third-order valence-corrected chi connectivity index (χ3v) is 2.51. The predicted molar refractivity (Wildman–Crippen MR) is 39.6 cm³/mol. The molecule has 104 valence electrons. The van der Waals surface area contributed by atoms with Gasteiger partial charge in [0.15, 0.2) is 0 Å². The molecule has 0 fully saturated rings. The Labute approximate surface area is 99.3 Å². The SMILES string of the molecule is FC(F)(F)C(C(F)(F)F)(C(F)(F)F)C(F)(F)I. The molecular weight excluding hydrogens is 396 g/mol. The summed E-state index contributed by atoms with van der Waals surface area (Å²) in [6.45, 7) is 0. The monoisotopic (exact) mass is 396 g/mol. The zero-order valence-corrected chi connectivity index (χ0v) is 9.19. The van der Waals surface area contributed by atoms with Crippen molar-refractivity contribution in [1.29, 1.82) is 0 Å². The van der Waals surface area contributed by atoms with Crippen molar-refractivity contribution in [3.05, 3.63) is 0 Å². The smallest absolute Gasteiger partial charge is 0.193 e. The van der Waals surface area contributed by atoms with Crippen LogP contribution in [0.1, 0.15) is 0 Å². The van der Waals surface area contributed by atoms with Crippen LogP contribution in [-0.4, -0.2) is 22.5 Å². The van der Waals surface area contributed by atoms with Gasteiger partial charge in [0.2, 0.25) is 0 Å². The highest BCUT2D eigenvalue weighted by Crippen LogP contribution is 2.67.